The quantitative estimate of drug-likeness (QED) is 0.757. The average molecular weight is 243 g/mol. The molecule has 0 spiro atoms. The van der Waals surface area contributed by atoms with E-state index in [0.29, 0.717) is 11.5 Å². The van der Waals surface area contributed by atoms with Crippen molar-refractivity contribution in [3.63, 3.8) is 0 Å². The Morgan fingerprint density at radius 3 is 2.78 bits per heavy atom. The van der Waals surface area contributed by atoms with Crippen molar-refractivity contribution in [2.24, 2.45) is 0 Å². The summed E-state index contributed by atoms with van der Waals surface area (Å²) in [5.41, 5.74) is 2.77. The molecule has 4 heteroatoms. The Kier molecular flexibility index (Phi) is 2.88. The van der Waals surface area contributed by atoms with Crippen molar-refractivity contribution >= 4 is 11.9 Å². The summed E-state index contributed by atoms with van der Waals surface area (Å²) < 4.78 is 1.96. The molecule has 3 heterocycles. The third-order valence-electron chi connectivity index (χ3n) is 3.77. The topological polar surface area (TPSA) is 37.6 Å². The van der Waals surface area contributed by atoms with Gasteiger partial charge in [-0.05, 0) is 45.1 Å². The minimum absolute atomic E-state index is 0.556. The van der Waals surface area contributed by atoms with Crippen molar-refractivity contribution in [3.8, 4) is 0 Å². The number of aromatic nitrogens is 2. The average Bonchev–Trinajstić information content (AvgIpc) is 2.82. The molecule has 1 aliphatic rings. The molecule has 0 radical (unpaired) electrons. The number of aldehydes is 1. The molecule has 4 nitrogen and oxygen atoms in total. The summed E-state index contributed by atoms with van der Waals surface area (Å²) in [7, 11) is 2.16. The van der Waals surface area contributed by atoms with Crippen molar-refractivity contribution in [1.82, 2.24) is 14.3 Å². The van der Waals surface area contributed by atoms with Crippen LogP contribution in [0.5, 0.6) is 0 Å². The molecule has 0 aliphatic carbocycles. The standard InChI is InChI=1S/C14H17N3O/c1-16-6-4-12(5-7-16)13-9-17-8-11(10-18)2-3-14(17)15-13/h2-3,8-10,12H,4-7H2,1H3. The van der Waals surface area contributed by atoms with E-state index in [0.717, 1.165) is 30.7 Å². The molecule has 0 saturated carbocycles. The van der Waals surface area contributed by atoms with E-state index in [2.05, 4.69) is 23.1 Å². The number of hydrogen-bond donors (Lipinski definition) is 0. The number of rotatable bonds is 2. The molecule has 2 aromatic heterocycles. The van der Waals surface area contributed by atoms with Gasteiger partial charge in [0.2, 0.25) is 0 Å². The smallest absolute Gasteiger partial charge is 0.151 e. The van der Waals surface area contributed by atoms with Gasteiger partial charge in [0.15, 0.2) is 6.29 Å². The summed E-state index contributed by atoms with van der Waals surface area (Å²) in [6.45, 7) is 2.27. The minimum Gasteiger partial charge on any atom is -0.306 e. The SMILES string of the molecule is CN1CCC(c2cn3cc(C=O)ccc3n2)CC1. The van der Waals surface area contributed by atoms with Gasteiger partial charge in [-0.25, -0.2) is 4.98 Å². The van der Waals surface area contributed by atoms with Gasteiger partial charge >= 0.3 is 0 Å². The van der Waals surface area contributed by atoms with Crippen LogP contribution in [0.4, 0.5) is 0 Å². The molecule has 0 amide bonds. The second-order valence-corrected chi connectivity index (χ2v) is 5.09. The Bertz CT molecular complexity index is 567. The molecule has 0 unspecified atom stereocenters. The van der Waals surface area contributed by atoms with Gasteiger partial charge in [0.05, 0.1) is 5.69 Å². The predicted molar refractivity (Wildman–Crippen MR) is 70.1 cm³/mol. The summed E-state index contributed by atoms with van der Waals surface area (Å²) in [5, 5.41) is 0. The second kappa shape index (κ2) is 4.53. The lowest BCUT2D eigenvalue weighted by Gasteiger charge is -2.27. The molecule has 94 valence electrons. The van der Waals surface area contributed by atoms with Crippen LogP contribution in [0.25, 0.3) is 5.65 Å². The number of likely N-dealkylation sites (tertiary alicyclic amines) is 1. The fraction of sp³-hybridized carbons (Fsp3) is 0.429. The first-order valence-corrected chi connectivity index (χ1v) is 6.38. The fourth-order valence-corrected chi connectivity index (χ4v) is 2.60. The summed E-state index contributed by atoms with van der Waals surface area (Å²) in [6.07, 6.45) is 7.11. The zero-order valence-corrected chi connectivity index (χ0v) is 10.5. The predicted octanol–water partition coefficient (Wildman–Crippen LogP) is 1.96. The van der Waals surface area contributed by atoms with Gasteiger partial charge in [-0.3, -0.25) is 4.79 Å². The number of carbonyl (C=O) groups is 1. The van der Waals surface area contributed by atoms with E-state index in [9.17, 15) is 4.79 Å². The molecule has 1 aliphatic heterocycles. The van der Waals surface area contributed by atoms with Crippen molar-refractivity contribution in [2.75, 3.05) is 20.1 Å². The second-order valence-electron chi connectivity index (χ2n) is 5.09. The molecular weight excluding hydrogens is 226 g/mol. The number of fused-ring (bicyclic) bond motifs is 1. The van der Waals surface area contributed by atoms with Crippen LogP contribution in [-0.4, -0.2) is 40.7 Å². The first kappa shape index (κ1) is 11.4. The van der Waals surface area contributed by atoms with Crippen molar-refractivity contribution in [1.29, 1.82) is 0 Å². The van der Waals surface area contributed by atoms with E-state index in [1.807, 2.05) is 22.7 Å². The monoisotopic (exact) mass is 243 g/mol. The number of piperidine rings is 1. The maximum atomic E-state index is 10.8. The molecule has 2 aromatic rings. The molecule has 0 atom stereocenters. The van der Waals surface area contributed by atoms with Gasteiger partial charge in [-0.1, -0.05) is 0 Å². The largest absolute Gasteiger partial charge is 0.306 e. The number of carbonyl (C=O) groups excluding carboxylic acids is 1. The van der Waals surface area contributed by atoms with Crippen LogP contribution in [0, 0.1) is 0 Å². The van der Waals surface area contributed by atoms with E-state index in [4.69, 9.17) is 0 Å². The third-order valence-corrected chi connectivity index (χ3v) is 3.77. The van der Waals surface area contributed by atoms with E-state index in [-0.39, 0.29) is 0 Å². The lowest BCUT2D eigenvalue weighted by atomic mass is 9.94. The van der Waals surface area contributed by atoms with Crippen LogP contribution < -0.4 is 0 Å². The molecule has 3 rings (SSSR count). The Hall–Kier alpha value is -1.68. The van der Waals surface area contributed by atoms with Crippen molar-refractivity contribution in [3.05, 3.63) is 35.8 Å². The highest BCUT2D eigenvalue weighted by atomic mass is 16.1. The Morgan fingerprint density at radius 1 is 1.28 bits per heavy atom. The van der Waals surface area contributed by atoms with Gasteiger partial charge in [0.1, 0.15) is 5.65 Å². The highest BCUT2D eigenvalue weighted by Crippen LogP contribution is 2.26. The normalized spacial score (nSPS) is 18.3. The molecule has 0 bridgehead atoms. The van der Waals surface area contributed by atoms with Crippen LogP contribution in [0.2, 0.25) is 0 Å². The molecular formula is C14H17N3O. The van der Waals surface area contributed by atoms with E-state index >= 15 is 0 Å². The van der Waals surface area contributed by atoms with Crippen LogP contribution >= 0.6 is 0 Å². The summed E-state index contributed by atoms with van der Waals surface area (Å²) in [6, 6.07) is 3.72. The van der Waals surface area contributed by atoms with Gasteiger partial charge < -0.3 is 9.30 Å². The van der Waals surface area contributed by atoms with Crippen LogP contribution in [-0.2, 0) is 0 Å². The van der Waals surface area contributed by atoms with E-state index in [1.165, 1.54) is 12.8 Å². The zero-order chi connectivity index (χ0) is 12.5. The minimum atomic E-state index is 0.556. The fourth-order valence-electron chi connectivity index (χ4n) is 2.60. The third kappa shape index (κ3) is 2.04. The highest BCUT2D eigenvalue weighted by Gasteiger charge is 2.20. The van der Waals surface area contributed by atoms with Gasteiger partial charge in [0.25, 0.3) is 0 Å². The van der Waals surface area contributed by atoms with Crippen LogP contribution in [0.15, 0.2) is 24.5 Å². The molecule has 0 N–H and O–H groups in total. The molecule has 18 heavy (non-hydrogen) atoms. The number of nitrogens with zero attached hydrogens (tertiary/aromatic N) is 3. The summed E-state index contributed by atoms with van der Waals surface area (Å²) >= 11 is 0. The summed E-state index contributed by atoms with van der Waals surface area (Å²) in [4.78, 5) is 17.8. The Labute approximate surface area is 106 Å². The van der Waals surface area contributed by atoms with Crippen molar-refractivity contribution in [2.45, 2.75) is 18.8 Å². The molecule has 1 fully saturated rings. The number of pyridine rings is 1. The van der Waals surface area contributed by atoms with Crippen molar-refractivity contribution < 1.29 is 4.79 Å². The highest BCUT2D eigenvalue weighted by molar-refractivity contribution is 5.74. The lowest BCUT2D eigenvalue weighted by Crippen LogP contribution is -2.29. The van der Waals surface area contributed by atoms with E-state index in [1.54, 1.807) is 0 Å². The number of hydrogen-bond acceptors (Lipinski definition) is 3. The lowest BCUT2D eigenvalue weighted by molar-refractivity contribution is 0.112. The molecule has 1 saturated heterocycles. The molecule has 0 aromatic carbocycles. The Morgan fingerprint density at radius 2 is 2.06 bits per heavy atom. The van der Waals surface area contributed by atoms with Crippen LogP contribution in [0.3, 0.4) is 0 Å². The first-order valence-electron chi connectivity index (χ1n) is 6.38. The number of imidazole rings is 1. The van der Waals surface area contributed by atoms with Gasteiger partial charge in [-0.15, -0.1) is 0 Å². The zero-order valence-electron chi connectivity index (χ0n) is 10.5. The van der Waals surface area contributed by atoms with E-state index < -0.39 is 0 Å². The maximum Gasteiger partial charge on any atom is 0.151 e. The first-order chi connectivity index (χ1) is 8.76. The maximum absolute atomic E-state index is 10.8. The Balaban J connectivity index is 1.91. The summed E-state index contributed by atoms with van der Waals surface area (Å²) in [5.74, 6) is 0.556. The van der Waals surface area contributed by atoms with Gasteiger partial charge in [-0.2, -0.15) is 0 Å². The van der Waals surface area contributed by atoms with Crippen LogP contribution in [0.1, 0.15) is 34.8 Å². The van der Waals surface area contributed by atoms with Gasteiger partial charge in [0, 0.05) is 23.9 Å².